The van der Waals surface area contributed by atoms with Crippen molar-refractivity contribution in [1.29, 1.82) is 0 Å². The third-order valence-electron chi connectivity index (χ3n) is 4.90. The number of benzene rings is 2. The minimum atomic E-state index is -0.0679. The molecule has 2 aromatic carbocycles. The van der Waals surface area contributed by atoms with Crippen molar-refractivity contribution in [3.63, 3.8) is 0 Å². The van der Waals surface area contributed by atoms with E-state index in [9.17, 15) is 4.79 Å². The first-order chi connectivity index (χ1) is 13.3. The molecule has 146 valence electrons. The number of amides is 1. The van der Waals surface area contributed by atoms with Crippen molar-refractivity contribution in [2.24, 2.45) is 0 Å². The Morgan fingerprint density at radius 1 is 1.00 bits per heavy atom. The van der Waals surface area contributed by atoms with E-state index in [0.29, 0.717) is 11.1 Å². The fraction of sp³-hybridized carbons (Fsp3) is 0.318. The molecule has 0 radical (unpaired) electrons. The topological polar surface area (TPSA) is 68.0 Å². The standard InChI is InChI=1S/C22H25N3O2S/c1-13-6-8-18(10-15(13)3)17(5)23-20(26)12-28-22-25-24-21(27-22)19-9-7-14(2)16(4)11-19/h6-11,17H,12H2,1-5H3,(H,23,26)/t17-/m1/s1. The molecule has 0 aliphatic rings. The Labute approximate surface area is 170 Å². The summed E-state index contributed by atoms with van der Waals surface area (Å²) in [4.78, 5) is 12.3. The number of carbonyl (C=O) groups excluding carboxylic acids is 1. The summed E-state index contributed by atoms with van der Waals surface area (Å²) in [5, 5.41) is 11.5. The maximum absolute atomic E-state index is 12.3. The van der Waals surface area contributed by atoms with Crippen LogP contribution in [0.1, 0.15) is 40.8 Å². The summed E-state index contributed by atoms with van der Waals surface area (Å²) < 4.78 is 5.69. The zero-order valence-corrected chi connectivity index (χ0v) is 17.7. The summed E-state index contributed by atoms with van der Waals surface area (Å²) in [7, 11) is 0. The van der Waals surface area contributed by atoms with Gasteiger partial charge >= 0.3 is 0 Å². The van der Waals surface area contributed by atoms with Crippen LogP contribution >= 0.6 is 11.8 Å². The van der Waals surface area contributed by atoms with Crippen LogP contribution in [-0.4, -0.2) is 21.9 Å². The molecule has 0 unspecified atom stereocenters. The maximum atomic E-state index is 12.3. The molecule has 0 fully saturated rings. The lowest BCUT2D eigenvalue weighted by atomic mass is 10.0. The SMILES string of the molecule is Cc1ccc(-c2nnc(SCC(=O)N[C@H](C)c3ccc(C)c(C)c3)o2)cc1C. The summed E-state index contributed by atoms with van der Waals surface area (Å²) in [5.41, 5.74) is 6.83. The first-order valence-electron chi connectivity index (χ1n) is 9.24. The summed E-state index contributed by atoms with van der Waals surface area (Å²) in [5.74, 6) is 0.625. The van der Waals surface area contributed by atoms with E-state index in [1.165, 1.54) is 34.0 Å². The molecule has 0 spiro atoms. The number of nitrogens with zero attached hydrogens (tertiary/aromatic N) is 2. The molecule has 1 aromatic heterocycles. The van der Waals surface area contributed by atoms with Gasteiger partial charge in [-0.2, -0.15) is 0 Å². The van der Waals surface area contributed by atoms with Crippen LogP contribution in [0.3, 0.4) is 0 Å². The van der Waals surface area contributed by atoms with E-state index in [-0.39, 0.29) is 17.7 Å². The van der Waals surface area contributed by atoms with Crippen LogP contribution in [-0.2, 0) is 4.79 Å². The van der Waals surface area contributed by atoms with Gasteiger partial charge in [-0.3, -0.25) is 4.79 Å². The van der Waals surface area contributed by atoms with Gasteiger partial charge in [0.25, 0.3) is 5.22 Å². The smallest absolute Gasteiger partial charge is 0.277 e. The van der Waals surface area contributed by atoms with Crippen molar-refractivity contribution in [3.05, 3.63) is 64.2 Å². The Balaban J connectivity index is 1.56. The average molecular weight is 396 g/mol. The van der Waals surface area contributed by atoms with Crippen LogP contribution in [0, 0.1) is 27.7 Å². The molecule has 1 amide bonds. The van der Waals surface area contributed by atoms with Crippen LogP contribution in [0.25, 0.3) is 11.5 Å². The number of nitrogens with one attached hydrogen (secondary N) is 1. The summed E-state index contributed by atoms with van der Waals surface area (Å²) in [6, 6.07) is 12.2. The van der Waals surface area contributed by atoms with Crippen LogP contribution < -0.4 is 5.32 Å². The zero-order valence-electron chi connectivity index (χ0n) is 16.9. The van der Waals surface area contributed by atoms with Crippen LogP contribution in [0.2, 0.25) is 0 Å². The highest BCUT2D eigenvalue weighted by Gasteiger charge is 2.14. The van der Waals surface area contributed by atoms with E-state index < -0.39 is 0 Å². The fourth-order valence-electron chi connectivity index (χ4n) is 2.79. The molecule has 1 N–H and O–H groups in total. The molecule has 0 aliphatic carbocycles. The number of aryl methyl sites for hydroxylation is 4. The van der Waals surface area contributed by atoms with Gasteiger partial charge in [-0.25, -0.2) is 0 Å². The quantitative estimate of drug-likeness (QED) is 0.599. The zero-order chi connectivity index (χ0) is 20.3. The van der Waals surface area contributed by atoms with E-state index in [2.05, 4.69) is 48.4 Å². The van der Waals surface area contributed by atoms with Gasteiger partial charge in [0.1, 0.15) is 0 Å². The molecule has 28 heavy (non-hydrogen) atoms. The molecule has 1 heterocycles. The van der Waals surface area contributed by atoms with Crippen LogP contribution in [0.4, 0.5) is 0 Å². The van der Waals surface area contributed by atoms with Crippen molar-refractivity contribution < 1.29 is 9.21 Å². The molecular weight excluding hydrogens is 370 g/mol. The number of carbonyl (C=O) groups is 1. The predicted octanol–water partition coefficient (Wildman–Crippen LogP) is 4.94. The number of rotatable bonds is 6. The second kappa shape index (κ2) is 8.61. The number of hydrogen-bond acceptors (Lipinski definition) is 5. The van der Waals surface area contributed by atoms with Gasteiger partial charge in [-0.1, -0.05) is 36.0 Å². The first-order valence-corrected chi connectivity index (χ1v) is 10.2. The third-order valence-corrected chi connectivity index (χ3v) is 5.71. The molecule has 3 aromatic rings. The second-order valence-corrected chi connectivity index (χ2v) is 8.02. The summed E-state index contributed by atoms with van der Waals surface area (Å²) >= 11 is 1.24. The van der Waals surface area contributed by atoms with E-state index in [1.54, 1.807) is 0 Å². The minimum Gasteiger partial charge on any atom is -0.411 e. The van der Waals surface area contributed by atoms with Gasteiger partial charge in [0.05, 0.1) is 11.8 Å². The van der Waals surface area contributed by atoms with Crippen molar-refractivity contribution in [1.82, 2.24) is 15.5 Å². The number of aromatic nitrogens is 2. The second-order valence-electron chi connectivity index (χ2n) is 7.09. The highest BCUT2D eigenvalue weighted by atomic mass is 32.2. The largest absolute Gasteiger partial charge is 0.411 e. The van der Waals surface area contributed by atoms with Crippen molar-refractivity contribution in [2.75, 3.05) is 5.75 Å². The molecular formula is C22H25N3O2S. The maximum Gasteiger partial charge on any atom is 0.277 e. The predicted molar refractivity (Wildman–Crippen MR) is 112 cm³/mol. The number of thioether (sulfide) groups is 1. The van der Waals surface area contributed by atoms with Crippen LogP contribution in [0.15, 0.2) is 46.0 Å². The molecule has 3 rings (SSSR count). The van der Waals surface area contributed by atoms with Crippen molar-refractivity contribution >= 4 is 17.7 Å². The highest BCUT2D eigenvalue weighted by molar-refractivity contribution is 7.99. The van der Waals surface area contributed by atoms with E-state index in [4.69, 9.17) is 4.42 Å². The molecule has 5 nitrogen and oxygen atoms in total. The average Bonchev–Trinajstić information content (AvgIpc) is 3.13. The summed E-state index contributed by atoms with van der Waals surface area (Å²) in [6.07, 6.45) is 0. The van der Waals surface area contributed by atoms with Gasteiger partial charge in [-0.05, 0) is 74.6 Å². The van der Waals surface area contributed by atoms with E-state index in [0.717, 1.165) is 11.1 Å². The Kier molecular flexibility index (Phi) is 6.19. The monoisotopic (exact) mass is 395 g/mol. The number of hydrogen-bond donors (Lipinski definition) is 1. The summed E-state index contributed by atoms with van der Waals surface area (Å²) in [6.45, 7) is 10.2. The molecule has 1 atom stereocenters. The Morgan fingerprint density at radius 3 is 2.36 bits per heavy atom. The lowest BCUT2D eigenvalue weighted by Crippen LogP contribution is -2.28. The normalized spacial score (nSPS) is 12.0. The van der Waals surface area contributed by atoms with E-state index in [1.807, 2.05) is 38.1 Å². The highest BCUT2D eigenvalue weighted by Crippen LogP contribution is 2.25. The van der Waals surface area contributed by atoms with Crippen LogP contribution in [0.5, 0.6) is 0 Å². The Bertz CT molecular complexity index is 997. The lowest BCUT2D eigenvalue weighted by Gasteiger charge is -2.15. The Morgan fingerprint density at radius 2 is 1.68 bits per heavy atom. The van der Waals surface area contributed by atoms with Gasteiger partial charge < -0.3 is 9.73 Å². The third kappa shape index (κ3) is 4.81. The molecule has 0 aliphatic heterocycles. The molecule has 0 bridgehead atoms. The first kappa shape index (κ1) is 20.1. The van der Waals surface area contributed by atoms with Gasteiger partial charge in [0, 0.05) is 5.56 Å². The van der Waals surface area contributed by atoms with Gasteiger partial charge in [-0.15, -0.1) is 10.2 Å². The minimum absolute atomic E-state index is 0.0545. The van der Waals surface area contributed by atoms with Gasteiger partial charge in [0.2, 0.25) is 11.8 Å². The molecule has 0 saturated heterocycles. The Hall–Kier alpha value is -2.60. The van der Waals surface area contributed by atoms with Crippen molar-refractivity contribution in [3.8, 4) is 11.5 Å². The van der Waals surface area contributed by atoms with Gasteiger partial charge in [0.15, 0.2) is 0 Å². The lowest BCUT2D eigenvalue weighted by molar-refractivity contribution is -0.119. The van der Waals surface area contributed by atoms with E-state index >= 15 is 0 Å². The molecule has 6 heteroatoms. The molecule has 0 saturated carbocycles. The fourth-order valence-corrected chi connectivity index (χ4v) is 3.36. The van der Waals surface area contributed by atoms with Crippen molar-refractivity contribution in [2.45, 2.75) is 45.9 Å².